The minimum Gasteiger partial charge on any atom is -0.369 e. The van der Waals surface area contributed by atoms with Crippen LogP contribution in [0.25, 0.3) is 0 Å². The Labute approximate surface area is 187 Å². The van der Waals surface area contributed by atoms with Crippen molar-refractivity contribution in [1.29, 1.82) is 0 Å². The highest BCUT2D eigenvalue weighted by Crippen LogP contribution is 2.32. The number of hydrogen-bond acceptors (Lipinski definition) is 6. The second kappa shape index (κ2) is 10.7. The monoisotopic (exact) mass is 448 g/mol. The number of halogens is 1. The molecule has 0 aromatic heterocycles. The molecule has 3 amide bonds. The van der Waals surface area contributed by atoms with Gasteiger partial charge in [-0.2, -0.15) is 0 Å². The maximum Gasteiger partial charge on any atom is 0.328 e. The molecule has 0 radical (unpaired) electrons. The lowest BCUT2D eigenvalue weighted by Gasteiger charge is -2.37. The first-order chi connectivity index (χ1) is 14.9. The first-order valence-electron chi connectivity index (χ1n) is 10.8. The predicted octanol–water partition coefficient (Wildman–Crippen LogP) is 2.48. The highest BCUT2D eigenvalue weighted by molar-refractivity contribution is 6.34. The van der Waals surface area contributed by atoms with Crippen LogP contribution >= 0.6 is 11.6 Å². The number of nitrogens with one attached hydrogen (secondary N) is 1. The van der Waals surface area contributed by atoms with Gasteiger partial charge in [-0.05, 0) is 37.6 Å². The van der Waals surface area contributed by atoms with Crippen LogP contribution in [0.2, 0.25) is 5.02 Å². The molecule has 2 saturated heterocycles. The molecule has 3 rings (SSSR count). The average molecular weight is 449 g/mol. The van der Waals surface area contributed by atoms with Crippen molar-refractivity contribution in [2.75, 3.05) is 49.1 Å². The van der Waals surface area contributed by atoms with Crippen LogP contribution in [0.15, 0.2) is 18.2 Å². The number of carbonyl (C=O) groups is 4. The number of urea groups is 1. The van der Waals surface area contributed by atoms with E-state index in [0.29, 0.717) is 30.1 Å². The lowest BCUT2D eigenvalue weighted by atomic mass is 9.98. The summed E-state index contributed by atoms with van der Waals surface area (Å²) < 4.78 is 0. The molecular weight excluding hydrogens is 420 g/mol. The Morgan fingerprint density at radius 3 is 2.58 bits per heavy atom. The van der Waals surface area contributed by atoms with E-state index in [2.05, 4.69) is 15.1 Å². The molecule has 9 heteroatoms. The van der Waals surface area contributed by atoms with Gasteiger partial charge in [0.2, 0.25) is 5.91 Å². The molecule has 0 saturated carbocycles. The fourth-order valence-electron chi connectivity index (χ4n) is 4.03. The van der Waals surface area contributed by atoms with Gasteiger partial charge in [0.15, 0.2) is 0 Å². The van der Waals surface area contributed by atoms with Gasteiger partial charge in [-0.1, -0.05) is 18.5 Å². The highest BCUT2D eigenvalue weighted by Gasteiger charge is 2.27. The van der Waals surface area contributed by atoms with Crippen LogP contribution in [-0.2, 0) is 14.4 Å². The molecule has 1 unspecified atom stereocenters. The number of piperazine rings is 1. The molecule has 2 aliphatic heterocycles. The molecule has 1 aromatic carbocycles. The lowest BCUT2D eigenvalue weighted by molar-refractivity contribution is -0.127. The van der Waals surface area contributed by atoms with Crippen molar-refractivity contribution in [2.45, 2.75) is 32.6 Å². The number of nitrogens with zero attached hydrogens (tertiary/aromatic N) is 3. The van der Waals surface area contributed by atoms with E-state index in [1.807, 2.05) is 12.1 Å². The Morgan fingerprint density at radius 1 is 1.19 bits per heavy atom. The van der Waals surface area contributed by atoms with Gasteiger partial charge in [0.25, 0.3) is 0 Å². The number of aldehydes is 1. The van der Waals surface area contributed by atoms with Crippen LogP contribution in [0.5, 0.6) is 0 Å². The van der Waals surface area contributed by atoms with Gasteiger partial charge < -0.3 is 9.69 Å². The van der Waals surface area contributed by atoms with E-state index in [4.69, 9.17) is 11.6 Å². The third-order valence-electron chi connectivity index (χ3n) is 5.93. The zero-order valence-corrected chi connectivity index (χ0v) is 18.6. The number of rotatable bonds is 9. The van der Waals surface area contributed by atoms with Crippen molar-refractivity contribution in [3.8, 4) is 0 Å². The number of Topliss-reactive ketones (excluding diaryl/α,β-unsaturated/α-hetero) is 1. The Balaban J connectivity index is 1.54. The van der Waals surface area contributed by atoms with Gasteiger partial charge >= 0.3 is 6.03 Å². The maximum absolute atomic E-state index is 12.2. The van der Waals surface area contributed by atoms with Gasteiger partial charge in [0, 0.05) is 51.3 Å². The van der Waals surface area contributed by atoms with Crippen LogP contribution in [0.3, 0.4) is 0 Å². The number of imide groups is 1. The van der Waals surface area contributed by atoms with Crippen molar-refractivity contribution in [3.63, 3.8) is 0 Å². The number of ketones is 1. The summed E-state index contributed by atoms with van der Waals surface area (Å²) in [7, 11) is 0. The van der Waals surface area contributed by atoms with Gasteiger partial charge in [-0.15, -0.1) is 0 Å². The van der Waals surface area contributed by atoms with Gasteiger partial charge in [0.05, 0.1) is 16.6 Å². The molecular formula is C22H29ClN4O4. The van der Waals surface area contributed by atoms with Crippen LogP contribution < -0.4 is 15.1 Å². The molecule has 1 atom stereocenters. The summed E-state index contributed by atoms with van der Waals surface area (Å²) in [6, 6.07) is 5.18. The van der Waals surface area contributed by atoms with Crippen molar-refractivity contribution in [3.05, 3.63) is 23.2 Å². The maximum atomic E-state index is 12.2. The fraction of sp³-hybridized carbons (Fsp3) is 0.545. The summed E-state index contributed by atoms with van der Waals surface area (Å²) in [4.78, 5) is 52.5. The average Bonchev–Trinajstić information content (AvgIpc) is 2.77. The van der Waals surface area contributed by atoms with E-state index in [-0.39, 0.29) is 18.1 Å². The summed E-state index contributed by atoms with van der Waals surface area (Å²) in [5, 5.41) is 2.80. The van der Waals surface area contributed by atoms with Crippen molar-refractivity contribution < 1.29 is 19.2 Å². The molecule has 8 nitrogen and oxygen atoms in total. The SMILES string of the molecule is CCC(=O)C(C=O)CCCN1CCN(c2ccc(Cl)c(N3CCC(=O)NC3=O)c2)CC1. The topological polar surface area (TPSA) is 90.0 Å². The Morgan fingerprint density at radius 2 is 1.94 bits per heavy atom. The summed E-state index contributed by atoms with van der Waals surface area (Å²) in [5.74, 6) is -0.727. The lowest BCUT2D eigenvalue weighted by Crippen LogP contribution is -2.50. The van der Waals surface area contributed by atoms with E-state index >= 15 is 0 Å². The summed E-state index contributed by atoms with van der Waals surface area (Å²) in [6.07, 6.45) is 2.86. The fourth-order valence-corrected chi connectivity index (χ4v) is 4.25. The first kappa shape index (κ1) is 23.2. The molecule has 1 aromatic rings. The van der Waals surface area contributed by atoms with E-state index < -0.39 is 11.9 Å². The number of hydrogen-bond donors (Lipinski definition) is 1. The molecule has 0 aliphatic carbocycles. The van der Waals surface area contributed by atoms with E-state index in [1.165, 1.54) is 4.90 Å². The number of amides is 3. The van der Waals surface area contributed by atoms with E-state index in [0.717, 1.165) is 51.1 Å². The van der Waals surface area contributed by atoms with E-state index in [1.54, 1.807) is 13.0 Å². The standard InChI is InChI=1S/C22H29ClN4O4/c1-2-20(29)16(15-28)4-3-8-25-10-12-26(13-11-25)17-5-6-18(23)19(14-17)27-9-7-21(30)24-22(27)31/h5-6,14-16H,2-4,7-13H2,1H3,(H,24,30,31). The van der Waals surface area contributed by atoms with Crippen LogP contribution in [0, 0.1) is 5.92 Å². The second-order valence-electron chi connectivity index (χ2n) is 7.92. The van der Waals surface area contributed by atoms with E-state index in [9.17, 15) is 19.2 Å². The van der Waals surface area contributed by atoms with Crippen LogP contribution in [0.1, 0.15) is 32.6 Å². The summed E-state index contributed by atoms with van der Waals surface area (Å²) in [5.41, 5.74) is 1.59. The summed E-state index contributed by atoms with van der Waals surface area (Å²) >= 11 is 6.34. The Kier molecular flexibility index (Phi) is 8.03. The van der Waals surface area contributed by atoms with Crippen molar-refractivity contribution in [2.24, 2.45) is 5.92 Å². The third kappa shape index (κ3) is 5.83. The highest BCUT2D eigenvalue weighted by atomic mass is 35.5. The van der Waals surface area contributed by atoms with Crippen LogP contribution in [-0.4, -0.2) is 68.2 Å². The van der Waals surface area contributed by atoms with Crippen LogP contribution in [0.4, 0.5) is 16.2 Å². The van der Waals surface area contributed by atoms with Gasteiger partial charge in [0.1, 0.15) is 12.1 Å². The second-order valence-corrected chi connectivity index (χ2v) is 8.33. The first-order valence-corrected chi connectivity index (χ1v) is 11.2. The molecule has 0 bridgehead atoms. The number of carbonyl (C=O) groups excluding carboxylic acids is 4. The number of anilines is 2. The zero-order chi connectivity index (χ0) is 22.4. The smallest absolute Gasteiger partial charge is 0.328 e. The summed E-state index contributed by atoms with van der Waals surface area (Å²) in [6.45, 7) is 6.38. The molecule has 0 spiro atoms. The quantitative estimate of drug-likeness (QED) is 0.461. The van der Waals surface area contributed by atoms with Crippen molar-refractivity contribution in [1.82, 2.24) is 10.2 Å². The molecule has 2 fully saturated rings. The molecule has 1 N–H and O–H groups in total. The molecule has 168 valence electrons. The molecule has 2 aliphatic rings. The predicted molar refractivity (Wildman–Crippen MR) is 120 cm³/mol. The minimum absolute atomic E-state index is 0.0186. The van der Waals surface area contributed by atoms with Gasteiger partial charge in [-0.25, -0.2) is 4.79 Å². The zero-order valence-electron chi connectivity index (χ0n) is 17.8. The molecule has 31 heavy (non-hydrogen) atoms. The minimum atomic E-state index is -0.471. The number of benzene rings is 1. The Hall–Kier alpha value is -2.45. The van der Waals surface area contributed by atoms with Crippen molar-refractivity contribution >= 4 is 47.0 Å². The van der Waals surface area contributed by atoms with Gasteiger partial charge in [-0.3, -0.25) is 24.7 Å². The third-order valence-corrected chi connectivity index (χ3v) is 6.25. The normalized spacial score (nSPS) is 18.6. The Bertz CT molecular complexity index is 839. The molecule has 2 heterocycles. The largest absolute Gasteiger partial charge is 0.369 e.